The average molecular weight is 402 g/mol. The van der Waals surface area contributed by atoms with Gasteiger partial charge in [-0.2, -0.15) is 0 Å². The molecule has 0 amide bonds. The van der Waals surface area contributed by atoms with Crippen molar-refractivity contribution in [1.82, 2.24) is 0 Å². The van der Waals surface area contributed by atoms with Gasteiger partial charge in [0.15, 0.2) is 0 Å². The summed E-state index contributed by atoms with van der Waals surface area (Å²) >= 11 is 8.39. The van der Waals surface area contributed by atoms with Crippen molar-refractivity contribution < 1.29 is 4.74 Å². The van der Waals surface area contributed by atoms with Crippen molar-refractivity contribution in [1.29, 1.82) is 0 Å². The largest absolute Gasteiger partial charge is 0.496 e. The Morgan fingerprint density at radius 1 is 1.15 bits per heavy atom. The highest BCUT2D eigenvalue weighted by Crippen LogP contribution is 2.30. The van der Waals surface area contributed by atoms with Crippen molar-refractivity contribution in [2.24, 2.45) is 5.73 Å². The lowest BCUT2D eigenvalue weighted by molar-refractivity contribution is 0.411. The van der Waals surface area contributed by atoms with Crippen LogP contribution < -0.4 is 10.5 Å². The zero-order valence-electron chi connectivity index (χ0n) is 11.7. The van der Waals surface area contributed by atoms with E-state index < -0.39 is 0 Å². The zero-order valence-corrected chi connectivity index (χ0v) is 14.6. The van der Waals surface area contributed by atoms with Gasteiger partial charge in [-0.1, -0.05) is 23.7 Å². The van der Waals surface area contributed by atoms with Crippen LogP contribution in [0.15, 0.2) is 30.3 Å². The summed E-state index contributed by atoms with van der Waals surface area (Å²) in [6.45, 7) is 4.07. The van der Waals surface area contributed by atoms with Crippen LogP contribution in [0.4, 0.5) is 0 Å². The maximum absolute atomic E-state index is 6.39. The van der Waals surface area contributed by atoms with Crippen molar-refractivity contribution in [3.63, 3.8) is 0 Å². The van der Waals surface area contributed by atoms with E-state index in [9.17, 15) is 0 Å². The fourth-order valence-electron chi connectivity index (χ4n) is 2.25. The maximum atomic E-state index is 6.39. The second kappa shape index (κ2) is 6.33. The van der Waals surface area contributed by atoms with E-state index in [-0.39, 0.29) is 6.04 Å². The molecule has 4 heteroatoms. The van der Waals surface area contributed by atoms with Crippen LogP contribution in [0.3, 0.4) is 0 Å². The molecule has 1 unspecified atom stereocenters. The number of halogens is 2. The van der Waals surface area contributed by atoms with Gasteiger partial charge in [-0.3, -0.25) is 0 Å². The molecule has 106 valence electrons. The Hall–Kier alpha value is -0.780. The summed E-state index contributed by atoms with van der Waals surface area (Å²) in [5.41, 5.74) is 10.7. The molecule has 0 spiro atoms. The minimum Gasteiger partial charge on any atom is -0.496 e. The fraction of sp³-hybridized carbons (Fsp3) is 0.250. The van der Waals surface area contributed by atoms with E-state index in [1.807, 2.05) is 38.1 Å². The Morgan fingerprint density at radius 2 is 1.85 bits per heavy atom. The Labute approximate surface area is 138 Å². The Morgan fingerprint density at radius 3 is 2.45 bits per heavy atom. The number of hydrogen-bond donors (Lipinski definition) is 1. The standard InChI is InChI=1S/C16H17ClINO/c1-9-7-15(20-3)10(2)6-12(9)16(19)11-4-5-14(18)13(17)8-11/h4-8,16H,19H2,1-3H3. The molecule has 0 saturated heterocycles. The monoisotopic (exact) mass is 401 g/mol. The average Bonchev–Trinajstić information content (AvgIpc) is 2.43. The summed E-state index contributed by atoms with van der Waals surface area (Å²) in [6, 6.07) is 9.88. The molecule has 0 heterocycles. The third-order valence-electron chi connectivity index (χ3n) is 3.42. The van der Waals surface area contributed by atoms with Crippen molar-refractivity contribution in [2.75, 3.05) is 7.11 Å². The minimum atomic E-state index is -0.186. The van der Waals surface area contributed by atoms with E-state index in [0.717, 1.165) is 36.6 Å². The molecule has 2 aromatic carbocycles. The second-order valence-electron chi connectivity index (χ2n) is 4.83. The van der Waals surface area contributed by atoms with Gasteiger partial charge in [-0.25, -0.2) is 0 Å². The lowest BCUT2D eigenvalue weighted by Crippen LogP contribution is -2.14. The van der Waals surface area contributed by atoms with Gasteiger partial charge in [-0.15, -0.1) is 0 Å². The quantitative estimate of drug-likeness (QED) is 0.762. The van der Waals surface area contributed by atoms with Crippen LogP contribution in [-0.2, 0) is 0 Å². The van der Waals surface area contributed by atoms with E-state index in [1.165, 1.54) is 0 Å². The highest BCUT2D eigenvalue weighted by atomic mass is 127. The SMILES string of the molecule is COc1cc(C)c(C(N)c2ccc(I)c(Cl)c2)cc1C. The Balaban J connectivity index is 2.45. The molecule has 2 N–H and O–H groups in total. The van der Waals surface area contributed by atoms with Crippen molar-refractivity contribution >= 4 is 34.2 Å². The third-order valence-corrected chi connectivity index (χ3v) is 4.99. The van der Waals surface area contributed by atoms with Gasteiger partial charge in [0.25, 0.3) is 0 Å². The molecule has 2 nitrogen and oxygen atoms in total. The van der Waals surface area contributed by atoms with Crippen molar-refractivity contribution in [2.45, 2.75) is 19.9 Å². The highest BCUT2D eigenvalue weighted by molar-refractivity contribution is 14.1. The normalized spacial score (nSPS) is 12.3. The molecule has 0 fully saturated rings. The van der Waals surface area contributed by atoms with Crippen LogP contribution in [-0.4, -0.2) is 7.11 Å². The van der Waals surface area contributed by atoms with Crippen LogP contribution in [0.2, 0.25) is 5.02 Å². The Bertz CT molecular complexity index is 643. The molecule has 20 heavy (non-hydrogen) atoms. The number of ether oxygens (including phenoxy) is 1. The Kier molecular flexibility index (Phi) is 4.94. The van der Waals surface area contributed by atoms with E-state index in [2.05, 4.69) is 28.7 Å². The van der Waals surface area contributed by atoms with Crippen LogP contribution in [0, 0.1) is 17.4 Å². The second-order valence-corrected chi connectivity index (χ2v) is 6.40. The highest BCUT2D eigenvalue weighted by Gasteiger charge is 2.14. The van der Waals surface area contributed by atoms with Crippen LogP contribution in [0.1, 0.15) is 28.3 Å². The first-order valence-corrected chi connectivity index (χ1v) is 7.75. The predicted octanol–water partition coefficient (Wildman–Crippen LogP) is 4.62. The lowest BCUT2D eigenvalue weighted by atomic mass is 9.94. The van der Waals surface area contributed by atoms with Crippen LogP contribution >= 0.6 is 34.2 Å². The molecule has 2 aromatic rings. The number of aryl methyl sites for hydroxylation is 2. The van der Waals surface area contributed by atoms with Crippen LogP contribution in [0.25, 0.3) is 0 Å². The third kappa shape index (κ3) is 3.10. The summed E-state index contributed by atoms with van der Waals surface area (Å²) in [4.78, 5) is 0. The molecule has 0 radical (unpaired) electrons. The molecule has 0 saturated carbocycles. The van der Waals surface area contributed by atoms with E-state index in [4.69, 9.17) is 22.1 Å². The molecule has 2 rings (SSSR count). The topological polar surface area (TPSA) is 35.2 Å². The zero-order chi connectivity index (χ0) is 14.9. The van der Waals surface area contributed by atoms with Gasteiger partial charge in [0.05, 0.1) is 18.2 Å². The van der Waals surface area contributed by atoms with Gasteiger partial charge < -0.3 is 10.5 Å². The van der Waals surface area contributed by atoms with Gasteiger partial charge in [-0.05, 0) is 76.9 Å². The molecular weight excluding hydrogens is 385 g/mol. The van der Waals surface area contributed by atoms with Gasteiger partial charge in [0, 0.05) is 3.57 Å². The summed E-state index contributed by atoms with van der Waals surface area (Å²) < 4.78 is 6.37. The summed E-state index contributed by atoms with van der Waals surface area (Å²) in [5, 5.41) is 0.737. The molecule has 0 bridgehead atoms. The van der Waals surface area contributed by atoms with E-state index >= 15 is 0 Å². The first kappa shape index (κ1) is 15.6. The van der Waals surface area contributed by atoms with Crippen LogP contribution in [0.5, 0.6) is 5.75 Å². The smallest absolute Gasteiger partial charge is 0.122 e. The molecule has 1 atom stereocenters. The van der Waals surface area contributed by atoms with Gasteiger partial charge in [0.1, 0.15) is 5.75 Å². The first-order chi connectivity index (χ1) is 9.43. The number of hydrogen-bond acceptors (Lipinski definition) is 2. The molecule has 0 aliphatic carbocycles. The molecule has 0 aliphatic rings. The van der Waals surface area contributed by atoms with Gasteiger partial charge >= 0.3 is 0 Å². The maximum Gasteiger partial charge on any atom is 0.122 e. The molecular formula is C16H17ClINO. The molecule has 0 aromatic heterocycles. The number of nitrogens with two attached hydrogens (primary N) is 1. The molecule has 0 aliphatic heterocycles. The summed E-state index contributed by atoms with van der Waals surface area (Å²) in [7, 11) is 1.68. The first-order valence-electron chi connectivity index (χ1n) is 6.29. The fourth-order valence-corrected chi connectivity index (χ4v) is 2.78. The predicted molar refractivity (Wildman–Crippen MR) is 92.7 cm³/mol. The number of benzene rings is 2. The summed E-state index contributed by atoms with van der Waals surface area (Å²) in [5.74, 6) is 0.888. The van der Waals surface area contributed by atoms with Gasteiger partial charge in [0.2, 0.25) is 0 Å². The van der Waals surface area contributed by atoms with E-state index in [1.54, 1.807) is 7.11 Å². The lowest BCUT2D eigenvalue weighted by Gasteiger charge is -2.18. The number of rotatable bonds is 3. The minimum absolute atomic E-state index is 0.186. The van der Waals surface area contributed by atoms with Crippen molar-refractivity contribution in [3.05, 3.63) is 61.2 Å². The van der Waals surface area contributed by atoms with Crippen molar-refractivity contribution in [3.8, 4) is 5.75 Å². The summed E-state index contributed by atoms with van der Waals surface area (Å²) in [6.07, 6.45) is 0. The number of methoxy groups -OCH3 is 1. The van der Waals surface area contributed by atoms with E-state index in [0.29, 0.717) is 0 Å².